The third-order valence-electron chi connectivity index (χ3n) is 4.58. The molecular formula is C16H23N5. The fourth-order valence-electron chi connectivity index (χ4n) is 2.83. The largest absolute Gasteiger partial charge is 0.359 e. The van der Waals surface area contributed by atoms with Crippen LogP contribution in [-0.4, -0.2) is 41.2 Å². The summed E-state index contributed by atoms with van der Waals surface area (Å²) in [6.07, 6.45) is 10.9. The molecule has 0 bridgehead atoms. The summed E-state index contributed by atoms with van der Waals surface area (Å²) in [7, 11) is 4.18. The maximum Gasteiger partial charge on any atom is 0.139 e. The highest BCUT2D eigenvalue weighted by molar-refractivity contribution is 5.67. The van der Waals surface area contributed by atoms with Gasteiger partial charge >= 0.3 is 0 Å². The lowest BCUT2D eigenvalue weighted by Crippen LogP contribution is -2.36. The maximum atomic E-state index is 4.60. The molecule has 5 heteroatoms. The number of anilines is 2. The Morgan fingerprint density at radius 2 is 1.48 bits per heavy atom. The molecule has 0 amide bonds. The van der Waals surface area contributed by atoms with E-state index < -0.39 is 0 Å². The number of aromatic nitrogens is 1. The third kappa shape index (κ3) is 2.13. The molecule has 2 atom stereocenters. The lowest BCUT2D eigenvalue weighted by atomic mass is 10.2. The van der Waals surface area contributed by atoms with Crippen molar-refractivity contribution in [1.29, 1.82) is 0 Å². The van der Waals surface area contributed by atoms with E-state index in [2.05, 4.69) is 90.3 Å². The molecule has 5 nitrogen and oxygen atoms in total. The molecule has 2 aliphatic heterocycles. The molecule has 0 saturated heterocycles. The van der Waals surface area contributed by atoms with E-state index in [0.717, 1.165) is 5.82 Å². The van der Waals surface area contributed by atoms with Gasteiger partial charge in [0.2, 0.25) is 0 Å². The van der Waals surface area contributed by atoms with Gasteiger partial charge in [0.05, 0.1) is 5.69 Å². The van der Waals surface area contributed by atoms with Crippen molar-refractivity contribution in [3.63, 3.8) is 0 Å². The zero-order valence-corrected chi connectivity index (χ0v) is 13.4. The van der Waals surface area contributed by atoms with Crippen LogP contribution in [0, 0.1) is 6.92 Å². The summed E-state index contributed by atoms with van der Waals surface area (Å²) < 4.78 is 0. The van der Waals surface area contributed by atoms with Crippen molar-refractivity contribution in [2.75, 3.05) is 23.9 Å². The van der Waals surface area contributed by atoms with Crippen molar-refractivity contribution < 1.29 is 0 Å². The van der Waals surface area contributed by atoms with Crippen LogP contribution in [0.5, 0.6) is 0 Å². The van der Waals surface area contributed by atoms with Crippen molar-refractivity contribution in [1.82, 2.24) is 14.8 Å². The highest BCUT2D eigenvalue weighted by Crippen LogP contribution is 2.33. The Morgan fingerprint density at radius 1 is 0.905 bits per heavy atom. The molecule has 0 N–H and O–H groups in total. The number of nitrogens with zero attached hydrogens (tertiary/aromatic N) is 5. The van der Waals surface area contributed by atoms with Crippen molar-refractivity contribution >= 4 is 11.5 Å². The van der Waals surface area contributed by atoms with Crippen molar-refractivity contribution in [2.45, 2.75) is 33.1 Å². The second kappa shape index (κ2) is 4.98. The summed E-state index contributed by atoms with van der Waals surface area (Å²) in [5.74, 6) is 1.02. The van der Waals surface area contributed by atoms with Gasteiger partial charge in [-0.05, 0) is 26.8 Å². The standard InChI is InChI=1S/C16H23N5/c1-12-15(20-10-8-18(4)13(20)2)6-7-17-16(12)21-11-9-19(5)14(21)3/h6-11,13-14H,1-5H3/t13-,14+/m0/s1. The van der Waals surface area contributed by atoms with Gasteiger partial charge in [-0.1, -0.05) is 0 Å². The molecule has 0 spiro atoms. The van der Waals surface area contributed by atoms with E-state index in [1.54, 1.807) is 0 Å². The first-order chi connectivity index (χ1) is 10.0. The Kier molecular flexibility index (Phi) is 3.27. The van der Waals surface area contributed by atoms with Gasteiger partial charge in [-0.3, -0.25) is 0 Å². The zero-order chi connectivity index (χ0) is 15.1. The average Bonchev–Trinajstić information content (AvgIpc) is 2.96. The minimum atomic E-state index is 0.292. The van der Waals surface area contributed by atoms with E-state index in [0.29, 0.717) is 12.3 Å². The number of pyridine rings is 1. The molecule has 0 aliphatic carbocycles. The summed E-state index contributed by atoms with van der Waals surface area (Å²) in [5.41, 5.74) is 2.42. The quantitative estimate of drug-likeness (QED) is 0.832. The molecule has 0 fully saturated rings. The molecule has 1 aromatic heterocycles. The predicted molar refractivity (Wildman–Crippen MR) is 86.7 cm³/mol. The molecule has 112 valence electrons. The molecule has 0 saturated carbocycles. The average molecular weight is 285 g/mol. The Labute approximate surface area is 126 Å². The van der Waals surface area contributed by atoms with E-state index in [4.69, 9.17) is 0 Å². The zero-order valence-electron chi connectivity index (χ0n) is 13.4. The second-order valence-electron chi connectivity index (χ2n) is 5.78. The first-order valence-corrected chi connectivity index (χ1v) is 7.33. The minimum Gasteiger partial charge on any atom is -0.359 e. The summed E-state index contributed by atoms with van der Waals surface area (Å²) in [4.78, 5) is 13.5. The first-order valence-electron chi connectivity index (χ1n) is 7.33. The van der Waals surface area contributed by atoms with E-state index in [1.807, 2.05) is 6.20 Å². The van der Waals surface area contributed by atoms with E-state index in [1.165, 1.54) is 11.3 Å². The molecule has 3 rings (SSSR count). The highest BCUT2D eigenvalue weighted by atomic mass is 15.4. The SMILES string of the molecule is Cc1c(N2C=CN(C)[C@@H]2C)ccnc1N1C=CN(C)[C@H]1C. The summed E-state index contributed by atoms with van der Waals surface area (Å²) in [6.45, 7) is 6.53. The lowest BCUT2D eigenvalue weighted by Gasteiger charge is -2.31. The van der Waals surface area contributed by atoms with Gasteiger partial charge in [0.15, 0.2) is 0 Å². The molecule has 2 aliphatic rings. The Morgan fingerprint density at radius 3 is 2.00 bits per heavy atom. The maximum absolute atomic E-state index is 4.60. The molecular weight excluding hydrogens is 262 g/mol. The van der Waals surface area contributed by atoms with Gasteiger partial charge < -0.3 is 19.6 Å². The van der Waals surface area contributed by atoms with E-state index in [9.17, 15) is 0 Å². The van der Waals surface area contributed by atoms with Crippen molar-refractivity contribution in [3.05, 3.63) is 42.6 Å². The third-order valence-corrected chi connectivity index (χ3v) is 4.58. The molecule has 0 unspecified atom stereocenters. The van der Waals surface area contributed by atoms with E-state index in [-0.39, 0.29) is 0 Å². The van der Waals surface area contributed by atoms with Gasteiger partial charge in [-0.15, -0.1) is 0 Å². The number of hydrogen-bond acceptors (Lipinski definition) is 5. The Hall–Kier alpha value is -2.17. The van der Waals surface area contributed by atoms with Crippen LogP contribution in [0.4, 0.5) is 11.5 Å². The number of rotatable bonds is 2. The monoisotopic (exact) mass is 285 g/mol. The molecule has 0 aromatic carbocycles. The summed E-state index contributed by atoms with van der Waals surface area (Å²) in [5, 5.41) is 0. The van der Waals surface area contributed by atoms with E-state index >= 15 is 0 Å². The van der Waals surface area contributed by atoms with Gasteiger partial charge in [0.1, 0.15) is 18.1 Å². The van der Waals surface area contributed by atoms with Gasteiger partial charge in [0, 0.05) is 50.7 Å². The fraction of sp³-hybridized carbons (Fsp3) is 0.438. The molecule has 3 heterocycles. The van der Waals surface area contributed by atoms with Crippen molar-refractivity contribution in [2.24, 2.45) is 0 Å². The van der Waals surface area contributed by atoms with Crippen LogP contribution in [0.3, 0.4) is 0 Å². The topological polar surface area (TPSA) is 25.9 Å². The van der Waals surface area contributed by atoms with Crippen LogP contribution >= 0.6 is 0 Å². The van der Waals surface area contributed by atoms with Gasteiger partial charge in [0.25, 0.3) is 0 Å². The fourth-order valence-corrected chi connectivity index (χ4v) is 2.83. The van der Waals surface area contributed by atoms with Crippen LogP contribution < -0.4 is 9.80 Å². The molecule has 0 radical (unpaired) electrons. The smallest absolute Gasteiger partial charge is 0.139 e. The second-order valence-corrected chi connectivity index (χ2v) is 5.78. The Balaban J connectivity index is 1.97. The van der Waals surface area contributed by atoms with Crippen LogP contribution in [0.15, 0.2) is 37.1 Å². The van der Waals surface area contributed by atoms with Gasteiger partial charge in [-0.2, -0.15) is 0 Å². The van der Waals surface area contributed by atoms with Crippen molar-refractivity contribution in [3.8, 4) is 0 Å². The minimum absolute atomic E-state index is 0.292. The summed E-state index contributed by atoms with van der Waals surface area (Å²) >= 11 is 0. The number of hydrogen-bond donors (Lipinski definition) is 0. The predicted octanol–water partition coefficient (Wildman–Crippen LogP) is 2.53. The summed E-state index contributed by atoms with van der Waals surface area (Å²) in [6, 6.07) is 2.09. The highest BCUT2D eigenvalue weighted by Gasteiger charge is 2.26. The van der Waals surface area contributed by atoms with Crippen LogP contribution in [0.1, 0.15) is 19.4 Å². The Bertz CT molecular complexity index is 546. The van der Waals surface area contributed by atoms with Crippen LogP contribution in [-0.2, 0) is 0 Å². The first kappa shape index (κ1) is 13.8. The normalized spacial score (nSPS) is 24.6. The van der Waals surface area contributed by atoms with Crippen LogP contribution in [0.2, 0.25) is 0 Å². The van der Waals surface area contributed by atoms with Gasteiger partial charge in [-0.25, -0.2) is 4.98 Å². The molecule has 1 aromatic rings. The molecule has 21 heavy (non-hydrogen) atoms. The lowest BCUT2D eigenvalue weighted by molar-refractivity contribution is 0.380. The van der Waals surface area contributed by atoms with Crippen LogP contribution in [0.25, 0.3) is 0 Å².